The van der Waals surface area contributed by atoms with Crippen molar-refractivity contribution in [2.75, 3.05) is 13.7 Å². The number of hydrogen-bond donors (Lipinski definition) is 1. The van der Waals surface area contributed by atoms with Crippen molar-refractivity contribution < 1.29 is 20.0 Å². The number of esters is 1. The van der Waals surface area contributed by atoms with E-state index in [-0.39, 0.29) is 18.4 Å². The number of carbonyl (C=O) groups is 1. The normalized spacial score (nSPS) is 12.0. The van der Waals surface area contributed by atoms with Crippen molar-refractivity contribution in [2.24, 2.45) is 0 Å². The monoisotopic (exact) mass is 302 g/mol. The lowest BCUT2D eigenvalue weighted by Crippen LogP contribution is -2.54. The number of carbonyl (C=O) groups excluding carboxylic acids is 1. The van der Waals surface area contributed by atoms with Gasteiger partial charge in [-0.15, -0.1) is 0 Å². The minimum atomic E-state index is -0.223. The Labute approximate surface area is 109 Å². The SMILES string of the molecule is CCOC(=O)C[C@@H]([NH3+])c1ccc(OC)c(Br)c1. The predicted molar refractivity (Wildman–Crippen MR) is 67.6 cm³/mol. The second kappa shape index (κ2) is 6.61. The van der Waals surface area contributed by atoms with Gasteiger partial charge in [-0.3, -0.25) is 4.79 Å². The quantitative estimate of drug-likeness (QED) is 0.842. The maximum atomic E-state index is 11.3. The van der Waals surface area contributed by atoms with Crippen LogP contribution in [0, 0.1) is 0 Å². The van der Waals surface area contributed by atoms with Gasteiger partial charge in [-0.25, -0.2) is 0 Å². The van der Waals surface area contributed by atoms with Crippen LogP contribution in [-0.2, 0) is 9.53 Å². The van der Waals surface area contributed by atoms with Crippen LogP contribution in [0.4, 0.5) is 0 Å². The van der Waals surface area contributed by atoms with Crippen LogP contribution < -0.4 is 10.5 Å². The van der Waals surface area contributed by atoms with E-state index in [1.165, 1.54) is 0 Å². The van der Waals surface area contributed by atoms with E-state index in [1.807, 2.05) is 18.2 Å². The fourth-order valence-corrected chi connectivity index (χ4v) is 2.03. The van der Waals surface area contributed by atoms with Crippen molar-refractivity contribution in [2.45, 2.75) is 19.4 Å². The molecule has 0 amide bonds. The van der Waals surface area contributed by atoms with Gasteiger partial charge in [0.1, 0.15) is 18.2 Å². The van der Waals surface area contributed by atoms with Gasteiger partial charge in [0.15, 0.2) is 0 Å². The molecule has 0 unspecified atom stereocenters. The maximum Gasteiger partial charge on any atom is 0.312 e. The summed E-state index contributed by atoms with van der Waals surface area (Å²) in [6.07, 6.45) is 0.284. The van der Waals surface area contributed by atoms with Crippen LogP contribution in [0.3, 0.4) is 0 Å². The minimum Gasteiger partial charge on any atom is -0.496 e. The van der Waals surface area contributed by atoms with Gasteiger partial charge < -0.3 is 15.2 Å². The molecule has 0 radical (unpaired) electrons. The van der Waals surface area contributed by atoms with Crippen LogP contribution in [-0.4, -0.2) is 19.7 Å². The molecule has 1 aromatic carbocycles. The number of ether oxygens (including phenoxy) is 2. The summed E-state index contributed by atoms with van der Waals surface area (Å²) in [4.78, 5) is 11.3. The van der Waals surface area contributed by atoms with E-state index < -0.39 is 0 Å². The molecule has 94 valence electrons. The second-order valence-electron chi connectivity index (χ2n) is 3.60. The Morgan fingerprint density at radius 2 is 2.24 bits per heavy atom. The smallest absolute Gasteiger partial charge is 0.312 e. The molecule has 0 aliphatic rings. The van der Waals surface area contributed by atoms with Crippen LogP contribution in [0.5, 0.6) is 5.75 Å². The lowest BCUT2D eigenvalue weighted by atomic mass is 10.0. The Bertz CT molecular complexity index is 395. The van der Waals surface area contributed by atoms with Crippen LogP contribution in [0.2, 0.25) is 0 Å². The number of hydrogen-bond acceptors (Lipinski definition) is 3. The van der Waals surface area contributed by atoms with Crippen molar-refractivity contribution in [3.05, 3.63) is 28.2 Å². The van der Waals surface area contributed by atoms with Crippen molar-refractivity contribution >= 4 is 21.9 Å². The number of rotatable bonds is 5. The molecule has 1 atom stereocenters. The van der Waals surface area contributed by atoms with E-state index >= 15 is 0 Å². The van der Waals surface area contributed by atoms with E-state index in [1.54, 1.807) is 14.0 Å². The average Bonchev–Trinajstić information content (AvgIpc) is 2.29. The average molecular weight is 303 g/mol. The van der Waals surface area contributed by atoms with Crippen molar-refractivity contribution in [3.63, 3.8) is 0 Å². The largest absolute Gasteiger partial charge is 0.496 e. The first kappa shape index (κ1) is 14.0. The topological polar surface area (TPSA) is 63.2 Å². The van der Waals surface area contributed by atoms with Gasteiger partial charge in [0.05, 0.1) is 18.2 Å². The Kier molecular flexibility index (Phi) is 5.44. The number of methoxy groups -OCH3 is 1. The summed E-state index contributed by atoms with van der Waals surface area (Å²) >= 11 is 3.40. The zero-order valence-corrected chi connectivity index (χ0v) is 11.6. The molecule has 0 heterocycles. The molecule has 3 N–H and O–H groups in total. The summed E-state index contributed by atoms with van der Waals surface area (Å²) in [5, 5.41) is 0. The molecule has 17 heavy (non-hydrogen) atoms. The molecular weight excluding hydrogens is 286 g/mol. The molecule has 0 spiro atoms. The van der Waals surface area contributed by atoms with Crippen LogP contribution in [0.1, 0.15) is 24.9 Å². The lowest BCUT2D eigenvalue weighted by Gasteiger charge is -2.10. The van der Waals surface area contributed by atoms with Crippen molar-refractivity contribution in [1.29, 1.82) is 0 Å². The molecule has 0 aliphatic carbocycles. The Balaban J connectivity index is 2.72. The summed E-state index contributed by atoms with van der Waals surface area (Å²) < 4.78 is 10.9. The van der Waals surface area contributed by atoms with E-state index in [0.717, 1.165) is 15.8 Å². The molecule has 0 fully saturated rings. The van der Waals surface area contributed by atoms with Gasteiger partial charge in [-0.2, -0.15) is 0 Å². The molecule has 1 rings (SSSR count). The van der Waals surface area contributed by atoms with Gasteiger partial charge >= 0.3 is 5.97 Å². The van der Waals surface area contributed by atoms with Crippen molar-refractivity contribution in [3.8, 4) is 5.75 Å². The number of benzene rings is 1. The van der Waals surface area contributed by atoms with Gasteiger partial charge in [0.25, 0.3) is 0 Å². The summed E-state index contributed by atoms with van der Waals surface area (Å²) in [6, 6.07) is 5.55. The highest BCUT2D eigenvalue weighted by Crippen LogP contribution is 2.27. The highest BCUT2D eigenvalue weighted by Gasteiger charge is 2.16. The third-order valence-electron chi connectivity index (χ3n) is 2.37. The van der Waals surface area contributed by atoms with Gasteiger partial charge in [0, 0.05) is 5.56 Å². The molecule has 0 aromatic heterocycles. The second-order valence-corrected chi connectivity index (χ2v) is 4.45. The minimum absolute atomic E-state index is 0.115. The standard InChI is InChI=1S/C12H16BrNO3/c1-3-17-12(15)7-10(14)8-4-5-11(16-2)9(13)6-8/h4-6,10H,3,7,14H2,1-2H3/p+1/t10-/m1/s1. The molecule has 0 aliphatic heterocycles. The molecule has 5 heteroatoms. The highest BCUT2D eigenvalue weighted by molar-refractivity contribution is 9.10. The van der Waals surface area contributed by atoms with Crippen LogP contribution in [0.25, 0.3) is 0 Å². The molecule has 0 saturated carbocycles. The van der Waals surface area contributed by atoms with E-state index in [0.29, 0.717) is 6.61 Å². The fourth-order valence-electron chi connectivity index (χ4n) is 1.48. The summed E-state index contributed by atoms with van der Waals surface area (Å²) in [5.74, 6) is 0.538. The zero-order chi connectivity index (χ0) is 12.8. The molecular formula is C12H17BrNO3+. The molecule has 4 nitrogen and oxygen atoms in total. The predicted octanol–water partition coefficient (Wildman–Crippen LogP) is 1.69. The maximum absolute atomic E-state index is 11.3. The van der Waals surface area contributed by atoms with Gasteiger partial charge in [0.2, 0.25) is 0 Å². The molecule has 0 saturated heterocycles. The summed E-state index contributed by atoms with van der Waals surface area (Å²) in [7, 11) is 1.61. The zero-order valence-electron chi connectivity index (χ0n) is 10.0. The van der Waals surface area contributed by atoms with E-state index in [9.17, 15) is 4.79 Å². The number of halogens is 1. The lowest BCUT2D eigenvalue weighted by molar-refractivity contribution is -0.425. The Morgan fingerprint density at radius 3 is 2.76 bits per heavy atom. The van der Waals surface area contributed by atoms with E-state index in [2.05, 4.69) is 21.7 Å². The fraction of sp³-hybridized carbons (Fsp3) is 0.417. The van der Waals surface area contributed by atoms with Crippen molar-refractivity contribution in [1.82, 2.24) is 0 Å². The Morgan fingerprint density at radius 1 is 1.53 bits per heavy atom. The van der Waals surface area contributed by atoms with Crippen LogP contribution >= 0.6 is 15.9 Å². The molecule has 0 bridgehead atoms. The third-order valence-corrected chi connectivity index (χ3v) is 2.99. The van der Waals surface area contributed by atoms with E-state index in [4.69, 9.17) is 9.47 Å². The summed E-state index contributed by atoms with van der Waals surface area (Å²) in [6.45, 7) is 2.19. The summed E-state index contributed by atoms with van der Waals surface area (Å²) in [5.41, 5.74) is 4.94. The Hall–Kier alpha value is -1.07. The first-order valence-corrected chi connectivity index (χ1v) is 6.20. The van der Waals surface area contributed by atoms with Gasteiger partial charge in [-0.1, -0.05) is 0 Å². The highest BCUT2D eigenvalue weighted by atomic mass is 79.9. The molecule has 1 aromatic rings. The number of quaternary nitrogens is 1. The first-order valence-electron chi connectivity index (χ1n) is 5.40. The van der Waals surface area contributed by atoms with Gasteiger partial charge in [-0.05, 0) is 41.1 Å². The first-order chi connectivity index (χ1) is 8.08. The van der Waals surface area contributed by atoms with Crippen LogP contribution in [0.15, 0.2) is 22.7 Å². The third kappa shape index (κ3) is 4.02.